The lowest BCUT2D eigenvalue weighted by Crippen LogP contribution is -2.56. The van der Waals surface area contributed by atoms with Gasteiger partial charge in [0.1, 0.15) is 11.1 Å². The van der Waals surface area contributed by atoms with Gasteiger partial charge in [0.25, 0.3) is 0 Å². The number of hydrogen-bond acceptors (Lipinski definition) is 4. The molecule has 1 fully saturated rings. The SMILES string of the molecule is CC(C)(C)OC(=O)N[C@@]1(c2ccccc2Cl)CC[C@@H](O)CC1=O. The Morgan fingerprint density at radius 2 is 2.04 bits per heavy atom. The highest BCUT2D eigenvalue weighted by Gasteiger charge is 2.46. The fourth-order valence-corrected chi connectivity index (χ4v) is 3.08. The number of halogens is 1. The Labute approximate surface area is 141 Å². The third kappa shape index (κ3) is 4.03. The number of alkyl carbamates (subject to hydrolysis) is 1. The summed E-state index contributed by atoms with van der Waals surface area (Å²) >= 11 is 6.26. The van der Waals surface area contributed by atoms with Crippen LogP contribution in [0.1, 0.15) is 45.6 Å². The quantitative estimate of drug-likeness (QED) is 0.867. The summed E-state index contributed by atoms with van der Waals surface area (Å²) < 4.78 is 5.29. The van der Waals surface area contributed by atoms with Gasteiger partial charge in [0.15, 0.2) is 5.78 Å². The van der Waals surface area contributed by atoms with E-state index in [4.69, 9.17) is 16.3 Å². The van der Waals surface area contributed by atoms with Gasteiger partial charge in [0, 0.05) is 17.0 Å². The van der Waals surface area contributed by atoms with Crippen LogP contribution in [-0.2, 0) is 15.1 Å². The number of nitrogens with one attached hydrogen (secondary N) is 1. The second kappa shape index (κ2) is 6.49. The number of ether oxygens (including phenoxy) is 1. The van der Waals surface area contributed by atoms with E-state index in [0.29, 0.717) is 17.0 Å². The highest BCUT2D eigenvalue weighted by molar-refractivity contribution is 6.31. The molecule has 1 aliphatic rings. The van der Waals surface area contributed by atoms with E-state index in [2.05, 4.69) is 5.32 Å². The van der Waals surface area contributed by atoms with Crippen molar-refractivity contribution in [2.24, 2.45) is 0 Å². The number of hydrogen-bond donors (Lipinski definition) is 2. The maximum absolute atomic E-state index is 12.7. The lowest BCUT2D eigenvalue weighted by atomic mass is 9.74. The van der Waals surface area contributed by atoms with Crippen LogP contribution in [0.4, 0.5) is 4.79 Å². The molecule has 1 aromatic carbocycles. The number of aliphatic hydroxyl groups excluding tert-OH is 1. The number of carbonyl (C=O) groups excluding carboxylic acids is 2. The molecule has 0 unspecified atom stereocenters. The molecule has 2 N–H and O–H groups in total. The van der Waals surface area contributed by atoms with Crippen LogP contribution in [0.25, 0.3) is 0 Å². The van der Waals surface area contributed by atoms with E-state index in [0.717, 1.165) is 0 Å². The van der Waals surface area contributed by atoms with Crippen molar-refractivity contribution in [1.82, 2.24) is 5.32 Å². The summed E-state index contributed by atoms with van der Waals surface area (Å²) in [5.41, 5.74) is -1.41. The zero-order valence-corrected chi connectivity index (χ0v) is 14.3. The highest BCUT2D eigenvalue weighted by Crippen LogP contribution is 2.38. The van der Waals surface area contributed by atoms with E-state index in [1.807, 2.05) is 0 Å². The fourth-order valence-electron chi connectivity index (χ4n) is 2.78. The van der Waals surface area contributed by atoms with Gasteiger partial charge in [-0.1, -0.05) is 29.8 Å². The van der Waals surface area contributed by atoms with E-state index in [-0.39, 0.29) is 18.6 Å². The van der Waals surface area contributed by atoms with Crippen molar-refractivity contribution in [3.63, 3.8) is 0 Å². The summed E-state index contributed by atoms with van der Waals surface area (Å²) in [6, 6.07) is 6.91. The van der Waals surface area contributed by atoms with E-state index < -0.39 is 23.3 Å². The van der Waals surface area contributed by atoms with Gasteiger partial charge in [0.05, 0.1) is 6.10 Å². The summed E-state index contributed by atoms with van der Waals surface area (Å²) in [4.78, 5) is 24.9. The lowest BCUT2D eigenvalue weighted by Gasteiger charge is -2.39. The van der Waals surface area contributed by atoms with Crippen molar-refractivity contribution in [3.05, 3.63) is 34.9 Å². The van der Waals surface area contributed by atoms with Crippen molar-refractivity contribution in [2.45, 2.75) is 57.3 Å². The molecule has 2 atom stereocenters. The molecule has 0 aliphatic heterocycles. The minimum atomic E-state index is -1.26. The first-order valence-electron chi connectivity index (χ1n) is 7.61. The molecule has 1 amide bonds. The van der Waals surface area contributed by atoms with E-state index >= 15 is 0 Å². The molecule has 1 aliphatic carbocycles. The molecule has 126 valence electrons. The molecule has 23 heavy (non-hydrogen) atoms. The number of aliphatic hydroxyl groups is 1. The zero-order valence-electron chi connectivity index (χ0n) is 13.6. The second-order valence-corrected chi connectivity index (χ2v) is 7.24. The smallest absolute Gasteiger partial charge is 0.408 e. The first-order valence-corrected chi connectivity index (χ1v) is 7.99. The summed E-state index contributed by atoms with van der Waals surface area (Å²) in [5.74, 6) is -0.268. The molecular weight excluding hydrogens is 318 g/mol. The van der Waals surface area contributed by atoms with Gasteiger partial charge in [-0.15, -0.1) is 0 Å². The van der Waals surface area contributed by atoms with Gasteiger partial charge < -0.3 is 15.2 Å². The normalized spacial score (nSPS) is 25.1. The van der Waals surface area contributed by atoms with Crippen molar-refractivity contribution < 1.29 is 19.4 Å². The van der Waals surface area contributed by atoms with Crippen LogP contribution in [-0.4, -0.2) is 28.7 Å². The third-order valence-corrected chi connectivity index (χ3v) is 4.13. The van der Waals surface area contributed by atoms with Crippen LogP contribution >= 0.6 is 11.6 Å². The number of benzene rings is 1. The van der Waals surface area contributed by atoms with Gasteiger partial charge in [-0.2, -0.15) is 0 Å². The van der Waals surface area contributed by atoms with Crippen molar-refractivity contribution in [2.75, 3.05) is 0 Å². The summed E-state index contributed by atoms with van der Waals surface area (Å²) in [6.45, 7) is 5.25. The van der Waals surface area contributed by atoms with Gasteiger partial charge in [-0.05, 0) is 39.7 Å². The van der Waals surface area contributed by atoms with E-state index in [9.17, 15) is 14.7 Å². The van der Waals surface area contributed by atoms with Crippen LogP contribution in [0.2, 0.25) is 5.02 Å². The molecule has 6 heteroatoms. The predicted octanol–water partition coefficient (Wildman–Crippen LogP) is 3.17. The molecule has 0 bridgehead atoms. The average molecular weight is 340 g/mol. The first kappa shape index (κ1) is 17.8. The molecule has 5 nitrogen and oxygen atoms in total. The number of Topliss-reactive ketones (excluding diaryl/α,β-unsaturated/α-hetero) is 1. The van der Waals surface area contributed by atoms with Crippen molar-refractivity contribution in [3.8, 4) is 0 Å². The zero-order chi connectivity index (χ0) is 17.3. The topological polar surface area (TPSA) is 75.6 Å². The fraction of sp³-hybridized carbons (Fsp3) is 0.529. The van der Waals surface area contributed by atoms with Gasteiger partial charge in [0.2, 0.25) is 0 Å². The summed E-state index contributed by atoms with van der Waals surface area (Å²) in [5, 5.41) is 12.9. The van der Waals surface area contributed by atoms with Gasteiger partial charge in [-0.25, -0.2) is 4.79 Å². The molecule has 0 radical (unpaired) electrons. The largest absolute Gasteiger partial charge is 0.444 e. The van der Waals surface area contributed by atoms with Gasteiger partial charge >= 0.3 is 6.09 Å². The van der Waals surface area contributed by atoms with Crippen molar-refractivity contribution in [1.29, 1.82) is 0 Å². The molecule has 1 aromatic rings. The summed E-state index contributed by atoms with van der Waals surface area (Å²) in [6.07, 6.45) is -0.732. The minimum Gasteiger partial charge on any atom is -0.444 e. The van der Waals surface area contributed by atoms with Gasteiger partial charge in [-0.3, -0.25) is 4.79 Å². The number of carbonyl (C=O) groups is 2. The molecule has 0 aromatic heterocycles. The minimum absolute atomic E-state index is 0.0268. The number of rotatable bonds is 2. The highest BCUT2D eigenvalue weighted by atomic mass is 35.5. The van der Waals surface area contributed by atoms with E-state index in [1.54, 1.807) is 45.0 Å². The Balaban J connectivity index is 2.39. The third-order valence-electron chi connectivity index (χ3n) is 3.80. The Bertz CT molecular complexity index is 611. The number of amides is 1. The molecule has 0 saturated heterocycles. The van der Waals surface area contributed by atoms with Crippen LogP contribution in [0.5, 0.6) is 0 Å². The molecule has 2 rings (SSSR count). The average Bonchev–Trinajstić information content (AvgIpc) is 2.41. The maximum Gasteiger partial charge on any atom is 0.408 e. The second-order valence-electron chi connectivity index (χ2n) is 6.83. The number of ketones is 1. The standard InChI is InChI=1S/C17H22ClNO4/c1-16(2,3)23-15(22)19-17(9-8-11(20)10-14(17)21)12-6-4-5-7-13(12)18/h4-7,11,20H,8-10H2,1-3H3,(H,19,22)/t11-,17-/m1/s1. The molecular formula is C17H22ClNO4. The van der Waals surface area contributed by atoms with Crippen LogP contribution < -0.4 is 5.32 Å². The van der Waals surface area contributed by atoms with Crippen LogP contribution in [0.3, 0.4) is 0 Å². The Morgan fingerprint density at radius 1 is 1.39 bits per heavy atom. The van der Waals surface area contributed by atoms with Crippen LogP contribution in [0, 0.1) is 0 Å². The molecule has 0 heterocycles. The maximum atomic E-state index is 12.7. The molecule has 1 saturated carbocycles. The van der Waals surface area contributed by atoms with Crippen molar-refractivity contribution >= 4 is 23.5 Å². The first-order chi connectivity index (χ1) is 10.6. The molecule has 0 spiro atoms. The Hall–Kier alpha value is -1.59. The predicted molar refractivity (Wildman–Crippen MR) is 87.4 cm³/mol. The lowest BCUT2D eigenvalue weighted by molar-refractivity contribution is -0.131. The summed E-state index contributed by atoms with van der Waals surface area (Å²) in [7, 11) is 0. The Morgan fingerprint density at radius 3 is 2.61 bits per heavy atom. The van der Waals surface area contributed by atoms with E-state index in [1.165, 1.54) is 0 Å². The van der Waals surface area contributed by atoms with Crippen LogP contribution in [0.15, 0.2) is 24.3 Å². The monoisotopic (exact) mass is 339 g/mol. The Kier molecular flexibility index (Phi) is 5.01.